The predicted molar refractivity (Wildman–Crippen MR) is 107 cm³/mol. The van der Waals surface area contributed by atoms with Gasteiger partial charge in [0.05, 0.1) is 25.5 Å². The zero-order valence-electron chi connectivity index (χ0n) is 16.4. The van der Waals surface area contributed by atoms with E-state index in [0.29, 0.717) is 17.8 Å². The number of benzene rings is 2. The third-order valence-electron chi connectivity index (χ3n) is 4.92. The van der Waals surface area contributed by atoms with Crippen LogP contribution in [0.2, 0.25) is 0 Å². The maximum Gasteiger partial charge on any atom is 0.310 e. The van der Waals surface area contributed by atoms with Crippen molar-refractivity contribution in [3.8, 4) is 11.5 Å². The third-order valence-corrected chi connectivity index (χ3v) is 4.92. The lowest BCUT2D eigenvalue weighted by atomic mass is 9.94. The van der Waals surface area contributed by atoms with Gasteiger partial charge >= 0.3 is 5.91 Å². The molecule has 0 saturated carbocycles. The van der Waals surface area contributed by atoms with Gasteiger partial charge in [0.25, 0.3) is 0 Å². The monoisotopic (exact) mass is 378 g/mol. The average Bonchev–Trinajstić information content (AvgIpc) is 3.27. The molecule has 28 heavy (non-hydrogen) atoms. The van der Waals surface area contributed by atoms with Gasteiger partial charge in [-0.05, 0) is 50.2 Å². The molecular weight excluding hydrogens is 356 g/mol. The number of fused-ring (bicyclic) bond motifs is 1. The lowest BCUT2D eigenvalue weighted by Gasteiger charge is -2.27. The van der Waals surface area contributed by atoms with Gasteiger partial charge in [0.15, 0.2) is 5.76 Å². The molecule has 1 aromatic heterocycles. The van der Waals surface area contributed by atoms with Crippen molar-refractivity contribution in [3.63, 3.8) is 0 Å². The van der Waals surface area contributed by atoms with E-state index in [1.807, 2.05) is 44.2 Å². The van der Waals surface area contributed by atoms with Crippen molar-refractivity contribution in [2.75, 3.05) is 14.2 Å². The van der Waals surface area contributed by atoms with Crippen molar-refractivity contribution in [3.05, 3.63) is 59.9 Å². The number of carbonyl (C=O) groups is 1. The number of ether oxygens (including phenoxy) is 2. The first-order chi connectivity index (χ1) is 13.4. The molecule has 0 spiro atoms. The molecule has 6 nitrogen and oxygen atoms in total. The Labute approximate surface area is 163 Å². The molecule has 0 aliphatic carbocycles. The number of methoxy groups -OCH3 is 2. The predicted octanol–water partition coefficient (Wildman–Crippen LogP) is 4.48. The van der Waals surface area contributed by atoms with Gasteiger partial charge in [-0.2, -0.15) is 5.10 Å². The molecule has 0 radical (unpaired) electrons. The van der Waals surface area contributed by atoms with Gasteiger partial charge in [0.2, 0.25) is 0 Å². The minimum absolute atomic E-state index is 0.256. The Balaban J connectivity index is 1.68. The zero-order chi connectivity index (χ0) is 19.9. The van der Waals surface area contributed by atoms with Crippen molar-refractivity contribution >= 4 is 22.6 Å². The highest BCUT2D eigenvalue weighted by molar-refractivity contribution is 6.05. The maximum absolute atomic E-state index is 13.2. The van der Waals surface area contributed by atoms with Crippen LogP contribution in [0.4, 0.5) is 0 Å². The number of nitrogens with zero attached hydrogens (tertiary/aromatic N) is 2. The number of hydrogen-bond donors (Lipinski definition) is 0. The summed E-state index contributed by atoms with van der Waals surface area (Å²) in [7, 11) is 3.24. The Morgan fingerprint density at radius 1 is 1.07 bits per heavy atom. The minimum atomic E-state index is -0.466. The molecule has 2 heterocycles. The SMILES string of the molecule is COc1cccc(C2=NN(C(=O)c3cc4cc(OC)ccc4o3)C(C)(C)C2)c1. The van der Waals surface area contributed by atoms with Gasteiger partial charge in [-0.3, -0.25) is 4.79 Å². The van der Waals surface area contributed by atoms with Crippen LogP contribution < -0.4 is 9.47 Å². The topological polar surface area (TPSA) is 64.3 Å². The quantitative estimate of drug-likeness (QED) is 0.671. The fourth-order valence-corrected chi connectivity index (χ4v) is 3.42. The van der Waals surface area contributed by atoms with Crippen molar-refractivity contribution in [2.24, 2.45) is 5.10 Å². The first-order valence-electron chi connectivity index (χ1n) is 9.05. The zero-order valence-corrected chi connectivity index (χ0v) is 16.4. The Morgan fingerprint density at radius 3 is 2.57 bits per heavy atom. The molecule has 0 fully saturated rings. The molecule has 0 bridgehead atoms. The summed E-state index contributed by atoms with van der Waals surface area (Å²) in [5.74, 6) is 1.46. The van der Waals surface area contributed by atoms with Gasteiger partial charge < -0.3 is 13.9 Å². The molecule has 144 valence electrons. The van der Waals surface area contributed by atoms with E-state index in [2.05, 4.69) is 5.10 Å². The number of rotatable bonds is 4. The number of amides is 1. The van der Waals surface area contributed by atoms with Crippen LogP contribution >= 0.6 is 0 Å². The Kier molecular flexibility index (Phi) is 4.34. The van der Waals surface area contributed by atoms with E-state index < -0.39 is 5.54 Å². The summed E-state index contributed by atoms with van der Waals surface area (Å²) in [4.78, 5) is 13.2. The molecule has 0 unspecified atom stereocenters. The number of carbonyl (C=O) groups excluding carboxylic acids is 1. The highest BCUT2D eigenvalue weighted by atomic mass is 16.5. The van der Waals surface area contributed by atoms with E-state index in [0.717, 1.165) is 22.4 Å². The molecule has 6 heteroatoms. The highest BCUT2D eigenvalue weighted by Gasteiger charge is 2.40. The number of furan rings is 1. The summed E-state index contributed by atoms with van der Waals surface area (Å²) < 4.78 is 16.3. The molecule has 1 aliphatic heterocycles. The van der Waals surface area contributed by atoms with Crippen LogP contribution in [-0.2, 0) is 0 Å². The van der Waals surface area contributed by atoms with Crippen LogP contribution in [0.1, 0.15) is 36.4 Å². The fourth-order valence-electron chi connectivity index (χ4n) is 3.42. The molecule has 0 atom stereocenters. The second kappa shape index (κ2) is 6.71. The molecule has 0 N–H and O–H groups in total. The van der Waals surface area contributed by atoms with Gasteiger partial charge in [0.1, 0.15) is 17.1 Å². The second-order valence-electron chi connectivity index (χ2n) is 7.40. The van der Waals surface area contributed by atoms with Gasteiger partial charge in [-0.1, -0.05) is 12.1 Å². The highest BCUT2D eigenvalue weighted by Crippen LogP contribution is 2.33. The van der Waals surface area contributed by atoms with Crippen molar-refractivity contribution < 1.29 is 18.7 Å². The Hall–Kier alpha value is -3.28. The van der Waals surface area contributed by atoms with Crippen LogP contribution in [-0.4, -0.2) is 36.4 Å². The molecule has 4 rings (SSSR count). The van der Waals surface area contributed by atoms with Crippen LogP contribution in [0.5, 0.6) is 11.5 Å². The summed E-state index contributed by atoms with van der Waals surface area (Å²) >= 11 is 0. The van der Waals surface area contributed by atoms with Crippen molar-refractivity contribution in [2.45, 2.75) is 25.8 Å². The van der Waals surface area contributed by atoms with Crippen LogP contribution in [0.3, 0.4) is 0 Å². The van der Waals surface area contributed by atoms with Crippen LogP contribution in [0, 0.1) is 0 Å². The minimum Gasteiger partial charge on any atom is -0.497 e. The van der Waals surface area contributed by atoms with E-state index in [1.165, 1.54) is 5.01 Å². The summed E-state index contributed by atoms with van der Waals surface area (Å²) in [5.41, 5.74) is 1.96. The third kappa shape index (κ3) is 3.11. The smallest absolute Gasteiger partial charge is 0.310 e. The van der Waals surface area contributed by atoms with E-state index in [4.69, 9.17) is 13.9 Å². The Bertz CT molecular complexity index is 1080. The summed E-state index contributed by atoms with van der Waals surface area (Å²) in [6.45, 7) is 3.99. The second-order valence-corrected chi connectivity index (χ2v) is 7.40. The van der Waals surface area contributed by atoms with E-state index in [1.54, 1.807) is 32.4 Å². The molecule has 3 aromatic rings. The number of hydrazone groups is 1. The maximum atomic E-state index is 13.2. The molecule has 1 amide bonds. The summed E-state index contributed by atoms with van der Waals surface area (Å²) in [6.07, 6.45) is 0.639. The average molecular weight is 378 g/mol. The molecule has 2 aromatic carbocycles. The van der Waals surface area contributed by atoms with E-state index >= 15 is 0 Å². The molecule has 0 saturated heterocycles. The standard InChI is InChI=1S/C22H22N2O4/c1-22(2)13-18(14-6-5-7-16(10-14)26-3)23-24(22)21(25)20-12-15-11-17(27-4)8-9-19(15)28-20/h5-12H,13H2,1-4H3. The Morgan fingerprint density at radius 2 is 1.82 bits per heavy atom. The van der Waals surface area contributed by atoms with E-state index in [-0.39, 0.29) is 11.7 Å². The van der Waals surface area contributed by atoms with Gasteiger partial charge in [-0.15, -0.1) is 0 Å². The molecule has 1 aliphatic rings. The number of hydrogen-bond acceptors (Lipinski definition) is 5. The van der Waals surface area contributed by atoms with E-state index in [9.17, 15) is 4.79 Å². The summed E-state index contributed by atoms with van der Waals surface area (Å²) in [5, 5.41) is 6.95. The fraction of sp³-hybridized carbons (Fsp3) is 0.273. The normalized spacial score (nSPS) is 15.6. The lowest BCUT2D eigenvalue weighted by Crippen LogP contribution is -2.40. The van der Waals surface area contributed by atoms with Crippen LogP contribution in [0.25, 0.3) is 11.0 Å². The van der Waals surface area contributed by atoms with Crippen molar-refractivity contribution in [1.82, 2.24) is 5.01 Å². The van der Waals surface area contributed by atoms with Crippen molar-refractivity contribution in [1.29, 1.82) is 0 Å². The van der Waals surface area contributed by atoms with Gasteiger partial charge in [0, 0.05) is 17.4 Å². The largest absolute Gasteiger partial charge is 0.497 e. The first-order valence-corrected chi connectivity index (χ1v) is 9.05. The molecular formula is C22H22N2O4. The lowest BCUT2D eigenvalue weighted by molar-refractivity contribution is 0.0581. The summed E-state index contributed by atoms with van der Waals surface area (Å²) in [6, 6.07) is 14.9. The first kappa shape index (κ1) is 18.1. The van der Waals surface area contributed by atoms with Crippen LogP contribution in [0.15, 0.2) is 58.0 Å². The van der Waals surface area contributed by atoms with Gasteiger partial charge in [-0.25, -0.2) is 5.01 Å².